The van der Waals surface area contributed by atoms with Gasteiger partial charge >= 0.3 is 0 Å². The number of rotatable bonds is 2. The van der Waals surface area contributed by atoms with Gasteiger partial charge < -0.3 is 10.6 Å². The molecule has 0 radical (unpaired) electrons. The molecule has 2 unspecified atom stereocenters. The van der Waals surface area contributed by atoms with Crippen LogP contribution in [0.25, 0.3) is 0 Å². The first kappa shape index (κ1) is 9.86. The van der Waals surface area contributed by atoms with Crippen molar-refractivity contribution in [3.8, 4) is 0 Å². The van der Waals surface area contributed by atoms with Crippen molar-refractivity contribution < 1.29 is 0 Å². The molecule has 0 amide bonds. The first-order valence-corrected chi connectivity index (χ1v) is 5.93. The number of piperidine rings is 1. The first-order chi connectivity index (χ1) is 6.83. The quantitative estimate of drug-likeness (QED) is 0.797. The SMILES string of the molecule is CC1CCCN(c2nncs2)C1CN. The van der Waals surface area contributed by atoms with E-state index >= 15 is 0 Å². The van der Waals surface area contributed by atoms with Crippen LogP contribution in [0.1, 0.15) is 19.8 Å². The molecule has 14 heavy (non-hydrogen) atoms. The number of nitrogens with two attached hydrogens (primary N) is 1. The summed E-state index contributed by atoms with van der Waals surface area (Å²) in [6.45, 7) is 4.05. The lowest BCUT2D eigenvalue weighted by Gasteiger charge is -2.38. The third-order valence-corrected chi connectivity index (χ3v) is 3.68. The van der Waals surface area contributed by atoms with Crippen LogP contribution in [-0.2, 0) is 0 Å². The number of aromatic nitrogens is 2. The smallest absolute Gasteiger partial charge is 0.208 e. The van der Waals surface area contributed by atoms with Gasteiger partial charge in [-0.15, -0.1) is 10.2 Å². The maximum Gasteiger partial charge on any atom is 0.208 e. The van der Waals surface area contributed by atoms with Gasteiger partial charge in [-0.05, 0) is 18.8 Å². The van der Waals surface area contributed by atoms with Crippen LogP contribution in [0.15, 0.2) is 5.51 Å². The Morgan fingerprint density at radius 1 is 1.71 bits per heavy atom. The Balaban J connectivity index is 2.16. The van der Waals surface area contributed by atoms with Gasteiger partial charge in [-0.3, -0.25) is 0 Å². The largest absolute Gasteiger partial charge is 0.342 e. The lowest BCUT2D eigenvalue weighted by atomic mass is 9.91. The van der Waals surface area contributed by atoms with Gasteiger partial charge in [-0.2, -0.15) is 0 Å². The summed E-state index contributed by atoms with van der Waals surface area (Å²) in [5.41, 5.74) is 7.58. The summed E-state index contributed by atoms with van der Waals surface area (Å²) >= 11 is 1.60. The maximum absolute atomic E-state index is 5.80. The van der Waals surface area contributed by atoms with E-state index in [1.165, 1.54) is 12.8 Å². The Labute approximate surface area is 88.1 Å². The van der Waals surface area contributed by atoms with Gasteiger partial charge in [0.2, 0.25) is 5.13 Å². The Hall–Kier alpha value is -0.680. The molecule has 2 heterocycles. The van der Waals surface area contributed by atoms with Crippen LogP contribution in [0.2, 0.25) is 0 Å². The van der Waals surface area contributed by atoms with E-state index in [0.29, 0.717) is 18.5 Å². The summed E-state index contributed by atoms with van der Waals surface area (Å²) < 4.78 is 0. The average molecular weight is 212 g/mol. The van der Waals surface area contributed by atoms with E-state index in [9.17, 15) is 0 Å². The fourth-order valence-electron chi connectivity index (χ4n) is 2.14. The van der Waals surface area contributed by atoms with Gasteiger partial charge in [0, 0.05) is 19.1 Å². The van der Waals surface area contributed by atoms with Crippen LogP contribution in [0.5, 0.6) is 0 Å². The van der Waals surface area contributed by atoms with E-state index in [2.05, 4.69) is 22.0 Å². The second-order valence-electron chi connectivity index (χ2n) is 3.84. The molecule has 5 heteroatoms. The van der Waals surface area contributed by atoms with E-state index in [1.807, 2.05) is 0 Å². The average Bonchev–Trinajstić information content (AvgIpc) is 2.70. The molecule has 0 saturated carbocycles. The summed E-state index contributed by atoms with van der Waals surface area (Å²) in [6.07, 6.45) is 2.51. The molecule has 1 fully saturated rings. The molecule has 78 valence electrons. The van der Waals surface area contributed by atoms with Crippen molar-refractivity contribution in [2.45, 2.75) is 25.8 Å². The van der Waals surface area contributed by atoms with E-state index < -0.39 is 0 Å². The highest BCUT2D eigenvalue weighted by molar-refractivity contribution is 7.13. The lowest BCUT2D eigenvalue weighted by Crippen LogP contribution is -2.48. The summed E-state index contributed by atoms with van der Waals surface area (Å²) in [5, 5.41) is 9.01. The van der Waals surface area contributed by atoms with E-state index in [0.717, 1.165) is 11.7 Å². The van der Waals surface area contributed by atoms with Gasteiger partial charge in [0.15, 0.2) is 0 Å². The van der Waals surface area contributed by atoms with Gasteiger partial charge in [-0.25, -0.2) is 0 Å². The molecule has 1 aromatic heterocycles. The molecule has 0 bridgehead atoms. The van der Waals surface area contributed by atoms with Crippen LogP contribution in [0, 0.1) is 5.92 Å². The number of hydrogen-bond acceptors (Lipinski definition) is 5. The minimum Gasteiger partial charge on any atom is -0.342 e. The van der Waals surface area contributed by atoms with Gasteiger partial charge in [-0.1, -0.05) is 18.3 Å². The van der Waals surface area contributed by atoms with Crippen molar-refractivity contribution in [3.63, 3.8) is 0 Å². The van der Waals surface area contributed by atoms with Crippen LogP contribution < -0.4 is 10.6 Å². The van der Waals surface area contributed by atoms with Gasteiger partial charge in [0.1, 0.15) is 5.51 Å². The fourth-order valence-corrected chi connectivity index (χ4v) is 2.78. The molecule has 4 nitrogen and oxygen atoms in total. The molecule has 2 atom stereocenters. The van der Waals surface area contributed by atoms with Crippen molar-refractivity contribution in [1.29, 1.82) is 0 Å². The first-order valence-electron chi connectivity index (χ1n) is 5.06. The number of hydrogen-bond donors (Lipinski definition) is 1. The van der Waals surface area contributed by atoms with Gasteiger partial charge in [0.05, 0.1) is 0 Å². The van der Waals surface area contributed by atoms with Crippen molar-refractivity contribution in [2.24, 2.45) is 11.7 Å². The van der Waals surface area contributed by atoms with Crippen LogP contribution in [0.4, 0.5) is 5.13 Å². The second-order valence-corrected chi connectivity index (χ2v) is 4.65. The van der Waals surface area contributed by atoms with E-state index in [1.54, 1.807) is 16.8 Å². The molecular formula is C9H16N4S. The molecule has 0 aromatic carbocycles. The molecule has 2 rings (SSSR count). The van der Waals surface area contributed by atoms with Crippen LogP contribution >= 0.6 is 11.3 Å². The summed E-state index contributed by atoms with van der Waals surface area (Å²) in [6, 6.07) is 0.441. The zero-order valence-corrected chi connectivity index (χ0v) is 9.20. The summed E-state index contributed by atoms with van der Waals surface area (Å²) in [5.74, 6) is 0.664. The van der Waals surface area contributed by atoms with Crippen molar-refractivity contribution in [1.82, 2.24) is 10.2 Å². The van der Waals surface area contributed by atoms with Gasteiger partial charge in [0.25, 0.3) is 0 Å². The van der Waals surface area contributed by atoms with Crippen molar-refractivity contribution >= 4 is 16.5 Å². The van der Waals surface area contributed by atoms with Crippen molar-refractivity contribution in [2.75, 3.05) is 18.0 Å². The highest BCUT2D eigenvalue weighted by Gasteiger charge is 2.28. The Morgan fingerprint density at radius 3 is 3.21 bits per heavy atom. The summed E-state index contributed by atoms with van der Waals surface area (Å²) in [7, 11) is 0. The highest BCUT2D eigenvalue weighted by Crippen LogP contribution is 2.28. The number of anilines is 1. The van der Waals surface area contributed by atoms with E-state index in [-0.39, 0.29) is 0 Å². The zero-order valence-electron chi connectivity index (χ0n) is 8.39. The molecule has 1 aromatic rings. The van der Waals surface area contributed by atoms with Crippen LogP contribution in [0.3, 0.4) is 0 Å². The normalized spacial score (nSPS) is 28.0. The predicted molar refractivity (Wildman–Crippen MR) is 58.5 cm³/mol. The molecule has 0 aliphatic carbocycles. The highest BCUT2D eigenvalue weighted by atomic mass is 32.1. The minimum absolute atomic E-state index is 0.441. The Morgan fingerprint density at radius 2 is 2.57 bits per heavy atom. The zero-order chi connectivity index (χ0) is 9.97. The third kappa shape index (κ3) is 1.74. The van der Waals surface area contributed by atoms with Crippen LogP contribution in [-0.4, -0.2) is 29.3 Å². The molecule has 1 aliphatic rings. The number of nitrogens with zero attached hydrogens (tertiary/aromatic N) is 3. The molecule has 0 spiro atoms. The molecule has 1 saturated heterocycles. The fraction of sp³-hybridized carbons (Fsp3) is 0.778. The molecule has 2 N–H and O–H groups in total. The Kier molecular flexibility index (Phi) is 2.98. The second kappa shape index (κ2) is 4.23. The van der Waals surface area contributed by atoms with Crippen molar-refractivity contribution in [3.05, 3.63) is 5.51 Å². The standard InChI is InChI=1S/C9H16N4S/c1-7-3-2-4-13(8(7)5-10)9-12-11-6-14-9/h6-8H,2-5,10H2,1H3. The maximum atomic E-state index is 5.80. The predicted octanol–water partition coefficient (Wildman–Crippen LogP) is 1.10. The Bertz CT molecular complexity index is 274. The monoisotopic (exact) mass is 212 g/mol. The molecule has 1 aliphatic heterocycles. The topological polar surface area (TPSA) is 55.0 Å². The lowest BCUT2D eigenvalue weighted by molar-refractivity contribution is 0.349. The third-order valence-electron chi connectivity index (χ3n) is 2.95. The minimum atomic E-state index is 0.441. The van der Waals surface area contributed by atoms with E-state index in [4.69, 9.17) is 5.73 Å². The summed E-state index contributed by atoms with van der Waals surface area (Å²) in [4.78, 5) is 2.31. The molecular weight excluding hydrogens is 196 g/mol.